The fraction of sp³-hybridized carbons (Fsp3) is 0.409. The van der Waals surface area contributed by atoms with E-state index < -0.39 is 18.2 Å². The maximum atomic E-state index is 10.2. The molecule has 4 heteroatoms. The summed E-state index contributed by atoms with van der Waals surface area (Å²) in [5.41, 5.74) is 0. The van der Waals surface area contributed by atoms with Gasteiger partial charge in [0.2, 0.25) is 0 Å². The lowest BCUT2D eigenvalue weighted by molar-refractivity contribution is -0.305. The van der Waals surface area contributed by atoms with E-state index >= 15 is 0 Å². The Morgan fingerprint density at radius 2 is 1.54 bits per heavy atom. The van der Waals surface area contributed by atoms with Crippen molar-refractivity contribution in [3.63, 3.8) is 0 Å². The zero-order valence-corrected chi connectivity index (χ0v) is 15.5. The highest BCUT2D eigenvalue weighted by atomic mass is 16.4. The molecule has 0 aromatic rings. The molecule has 0 aliphatic carbocycles. The Bertz CT molecular complexity index is 524. The number of carboxylic acid groups (broad SMARTS) is 1. The summed E-state index contributed by atoms with van der Waals surface area (Å²) >= 11 is 0. The number of hydrogen-bond donors (Lipinski definition) is 2. The van der Waals surface area contributed by atoms with Gasteiger partial charge in [-0.05, 0) is 38.5 Å². The zero-order valence-electron chi connectivity index (χ0n) is 15.5. The van der Waals surface area contributed by atoms with Crippen LogP contribution in [0.15, 0.2) is 72.9 Å². The van der Waals surface area contributed by atoms with Gasteiger partial charge in [0.05, 0.1) is 12.2 Å². The molecule has 2 atom stereocenters. The van der Waals surface area contributed by atoms with E-state index in [1.165, 1.54) is 0 Å². The molecule has 0 heterocycles. The average Bonchev–Trinajstić information content (AvgIpc) is 2.61. The first kappa shape index (κ1) is 23.8. The molecule has 0 saturated carbocycles. The predicted molar refractivity (Wildman–Crippen MR) is 105 cm³/mol. The highest BCUT2D eigenvalue weighted by Gasteiger charge is 2.10. The Morgan fingerprint density at radius 1 is 0.885 bits per heavy atom. The van der Waals surface area contributed by atoms with Gasteiger partial charge in [-0.1, -0.05) is 79.8 Å². The molecule has 26 heavy (non-hydrogen) atoms. The molecule has 144 valence electrons. The summed E-state index contributed by atoms with van der Waals surface area (Å²) in [5.74, 6) is -1.03. The summed E-state index contributed by atoms with van der Waals surface area (Å²) in [4.78, 5) is 10.2. The highest BCUT2D eigenvalue weighted by Crippen LogP contribution is 2.03. The van der Waals surface area contributed by atoms with E-state index in [2.05, 4.69) is 19.1 Å². The van der Waals surface area contributed by atoms with Gasteiger partial charge in [0.25, 0.3) is 0 Å². The lowest BCUT2D eigenvalue weighted by Gasteiger charge is -2.11. The van der Waals surface area contributed by atoms with Gasteiger partial charge >= 0.3 is 0 Å². The number of aliphatic hydroxyl groups excluding tert-OH is 2. The number of allylic oxidation sites excluding steroid dienone is 10. The maximum absolute atomic E-state index is 10.2. The average molecular weight is 359 g/mol. The normalized spacial score (nSPS) is 15.5. The van der Waals surface area contributed by atoms with Crippen molar-refractivity contribution in [2.45, 2.75) is 57.7 Å². The Morgan fingerprint density at radius 3 is 2.27 bits per heavy atom. The molecule has 0 aromatic carbocycles. The summed E-state index contributed by atoms with van der Waals surface area (Å²) in [6.45, 7) is 2.08. The van der Waals surface area contributed by atoms with E-state index in [0.29, 0.717) is 12.8 Å². The fourth-order valence-corrected chi connectivity index (χ4v) is 1.90. The standard InChI is InChI=1S/C22H32O4/c1-2-3-4-5-11-14-17-20(23)21(24)18-15-12-9-7-6-8-10-13-16-19-22(25)26/h3-4,6-7,9-15,18,20-21,23-24H,2,5,8,16-17,19H2,1H3,(H,25,26)/p-1/b4-3-,7-6-,12-9+,13-10-,14-11-,18-15+. The highest BCUT2D eigenvalue weighted by molar-refractivity contribution is 5.64. The van der Waals surface area contributed by atoms with Gasteiger partial charge in [0, 0.05) is 5.97 Å². The second kappa shape index (κ2) is 17.6. The molecule has 0 aliphatic heterocycles. The molecule has 4 nitrogen and oxygen atoms in total. The van der Waals surface area contributed by atoms with Gasteiger partial charge in [-0.3, -0.25) is 0 Å². The SMILES string of the molecule is CC/C=C\C/C=C\CC(O)C(O)/C=C/C=C/C=C\C/C=C\CCC(=O)[O-]. The molecule has 0 aliphatic rings. The summed E-state index contributed by atoms with van der Waals surface area (Å²) < 4.78 is 0. The molecule has 0 aromatic heterocycles. The molecule has 0 amide bonds. The molecular weight excluding hydrogens is 328 g/mol. The van der Waals surface area contributed by atoms with Crippen LogP contribution in [0.5, 0.6) is 0 Å². The number of carboxylic acids is 1. The molecule has 2 N–H and O–H groups in total. The Hall–Kier alpha value is -2.17. The van der Waals surface area contributed by atoms with Crippen molar-refractivity contribution in [2.24, 2.45) is 0 Å². The quantitative estimate of drug-likeness (QED) is 0.369. The Kier molecular flexibility index (Phi) is 16.2. The minimum atomic E-state index is -1.03. The second-order valence-corrected chi connectivity index (χ2v) is 5.70. The number of aliphatic hydroxyl groups is 2. The van der Waals surface area contributed by atoms with Gasteiger partial charge in [-0.25, -0.2) is 0 Å². The third kappa shape index (κ3) is 16.7. The molecule has 0 bridgehead atoms. The van der Waals surface area contributed by atoms with E-state index in [0.717, 1.165) is 19.3 Å². The Balaban J connectivity index is 3.92. The first-order valence-electron chi connectivity index (χ1n) is 9.08. The van der Waals surface area contributed by atoms with Crippen LogP contribution >= 0.6 is 0 Å². The van der Waals surface area contributed by atoms with Gasteiger partial charge in [-0.2, -0.15) is 0 Å². The van der Waals surface area contributed by atoms with Gasteiger partial charge in [0.1, 0.15) is 0 Å². The first-order valence-corrected chi connectivity index (χ1v) is 9.08. The van der Waals surface area contributed by atoms with Crippen LogP contribution in [-0.2, 0) is 4.79 Å². The number of aliphatic carboxylic acids is 1. The van der Waals surface area contributed by atoms with Crippen molar-refractivity contribution in [1.82, 2.24) is 0 Å². The zero-order chi connectivity index (χ0) is 19.5. The number of carbonyl (C=O) groups excluding carboxylic acids is 1. The van der Waals surface area contributed by atoms with Crippen molar-refractivity contribution in [3.05, 3.63) is 72.9 Å². The maximum Gasteiger partial charge on any atom is 0.0986 e. The number of rotatable bonds is 14. The predicted octanol–water partition coefficient (Wildman–Crippen LogP) is 3.16. The molecule has 2 unspecified atom stereocenters. The summed E-state index contributed by atoms with van der Waals surface area (Å²) in [6, 6.07) is 0. The van der Waals surface area contributed by atoms with E-state index in [-0.39, 0.29) is 6.42 Å². The fourth-order valence-electron chi connectivity index (χ4n) is 1.90. The van der Waals surface area contributed by atoms with E-state index in [1.807, 2.05) is 42.5 Å². The lowest BCUT2D eigenvalue weighted by Crippen LogP contribution is -2.22. The molecular formula is C22H31O4-. The monoisotopic (exact) mass is 359 g/mol. The van der Waals surface area contributed by atoms with Gasteiger partial charge in [0.15, 0.2) is 0 Å². The van der Waals surface area contributed by atoms with Gasteiger partial charge < -0.3 is 20.1 Å². The minimum Gasteiger partial charge on any atom is -0.550 e. The van der Waals surface area contributed by atoms with Crippen molar-refractivity contribution in [1.29, 1.82) is 0 Å². The molecule has 0 radical (unpaired) electrons. The summed E-state index contributed by atoms with van der Waals surface area (Å²) in [6.07, 6.45) is 24.2. The lowest BCUT2D eigenvalue weighted by atomic mass is 10.1. The smallest absolute Gasteiger partial charge is 0.0986 e. The second-order valence-electron chi connectivity index (χ2n) is 5.70. The largest absolute Gasteiger partial charge is 0.550 e. The van der Waals surface area contributed by atoms with Crippen molar-refractivity contribution in [3.8, 4) is 0 Å². The third-order valence-corrected chi connectivity index (χ3v) is 3.34. The van der Waals surface area contributed by atoms with Crippen LogP contribution in [-0.4, -0.2) is 28.4 Å². The molecule has 0 fully saturated rings. The number of hydrogen-bond acceptors (Lipinski definition) is 4. The van der Waals surface area contributed by atoms with Crippen molar-refractivity contribution >= 4 is 5.97 Å². The topological polar surface area (TPSA) is 80.6 Å². The molecule has 0 spiro atoms. The third-order valence-electron chi connectivity index (χ3n) is 3.34. The van der Waals surface area contributed by atoms with Crippen LogP contribution in [0.2, 0.25) is 0 Å². The summed E-state index contributed by atoms with van der Waals surface area (Å²) in [5, 5.41) is 29.9. The van der Waals surface area contributed by atoms with E-state index in [4.69, 9.17) is 0 Å². The van der Waals surface area contributed by atoms with Crippen LogP contribution < -0.4 is 5.11 Å². The summed E-state index contributed by atoms with van der Waals surface area (Å²) in [7, 11) is 0. The first-order chi connectivity index (χ1) is 12.6. The van der Waals surface area contributed by atoms with Crippen LogP contribution in [0.4, 0.5) is 0 Å². The van der Waals surface area contributed by atoms with Crippen molar-refractivity contribution in [2.75, 3.05) is 0 Å². The van der Waals surface area contributed by atoms with E-state index in [9.17, 15) is 20.1 Å². The van der Waals surface area contributed by atoms with Crippen molar-refractivity contribution < 1.29 is 20.1 Å². The van der Waals surface area contributed by atoms with Crippen LogP contribution in [0, 0.1) is 0 Å². The van der Waals surface area contributed by atoms with Gasteiger partial charge in [-0.15, -0.1) is 0 Å². The van der Waals surface area contributed by atoms with Crippen LogP contribution in [0.1, 0.15) is 45.4 Å². The molecule has 0 rings (SSSR count). The molecule has 0 saturated heterocycles. The van der Waals surface area contributed by atoms with Crippen LogP contribution in [0.3, 0.4) is 0 Å². The van der Waals surface area contributed by atoms with Crippen LogP contribution in [0.25, 0.3) is 0 Å². The minimum absolute atomic E-state index is 0.0464. The number of carbonyl (C=O) groups is 1. The Labute approximate surface area is 157 Å². The van der Waals surface area contributed by atoms with E-state index in [1.54, 1.807) is 18.2 Å².